The van der Waals surface area contributed by atoms with Crippen LogP contribution in [0.25, 0.3) is 0 Å². The van der Waals surface area contributed by atoms with Gasteiger partial charge in [0.05, 0.1) is 0 Å². The Balaban J connectivity index is 1.93. The predicted octanol–water partition coefficient (Wildman–Crippen LogP) is 5.78. The molecule has 4 aromatic carbocycles. The number of carbonyl (C=O) groups excluding carboxylic acids is 1. The van der Waals surface area contributed by atoms with Crippen LogP contribution in [0.5, 0.6) is 0 Å². The zero-order valence-electron chi connectivity index (χ0n) is 20.4. The van der Waals surface area contributed by atoms with Gasteiger partial charge in [-0.1, -0.05) is 133 Å². The molecule has 1 amide bonds. The highest BCUT2D eigenvalue weighted by Gasteiger charge is 2.27. The molecule has 0 saturated carbocycles. The maximum absolute atomic E-state index is 14.2. The van der Waals surface area contributed by atoms with Crippen LogP contribution in [0.1, 0.15) is 19.4 Å². The number of rotatable bonds is 8. The molecule has 2 nitrogen and oxygen atoms in total. The molecule has 3 heteroatoms. The summed E-state index contributed by atoms with van der Waals surface area (Å²) in [7, 11) is 0. The molecule has 4 rings (SSSR count). The molecule has 176 valence electrons. The Hall–Kier alpha value is -3.61. The van der Waals surface area contributed by atoms with Gasteiger partial charge < -0.3 is 4.90 Å². The molecule has 0 aliphatic heterocycles. The van der Waals surface area contributed by atoms with Crippen LogP contribution >= 0.6 is 6.89 Å². The molecule has 0 atom stereocenters. The Labute approximate surface area is 209 Å². The molecular formula is C32H32NOP. The smallest absolute Gasteiger partial charge is 0.248 e. The summed E-state index contributed by atoms with van der Waals surface area (Å²) in [6.07, 6.45) is 2.13. The molecule has 0 unspecified atom stereocenters. The second-order valence-electron chi connectivity index (χ2n) is 8.84. The van der Waals surface area contributed by atoms with Gasteiger partial charge in [0.15, 0.2) is 0 Å². The highest BCUT2D eigenvalue weighted by molar-refractivity contribution is 7.95. The Kier molecular flexibility index (Phi) is 8.19. The first kappa shape index (κ1) is 24.5. The molecule has 35 heavy (non-hydrogen) atoms. The van der Waals surface area contributed by atoms with E-state index in [9.17, 15) is 4.79 Å². The van der Waals surface area contributed by atoms with Gasteiger partial charge in [-0.15, -0.1) is 0 Å². The molecule has 0 aliphatic rings. The standard InChI is InChI=1S/C32H32NOP/c1-27(2)23-24-33(25-28-15-7-3-8-16-28)32(34)26-35(29-17-9-4-10-18-29,30-19-11-5-12-20-30)31-21-13-6-14-22-31/h3-23,26H,24-25H2,1-2H3. The van der Waals surface area contributed by atoms with Crippen molar-refractivity contribution < 1.29 is 4.79 Å². The van der Waals surface area contributed by atoms with E-state index in [0.717, 1.165) is 5.56 Å². The van der Waals surface area contributed by atoms with Gasteiger partial charge in [0.25, 0.3) is 0 Å². The topological polar surface area (TPSA) is 20.3 Å². The van der Waals surface area contributed by atoms with Gasteiger partial charge in [-0.25, -0.2) is 0 Å². The van der Waals surface area contributed by atoms with E-state index in [0.29, 0.717) is 13.1 Å². The predicted molar refractivity (Wildman–Crippen MR) is 153 cm³/mol. The maximum atomic E-state index is 14.2. The summed E-state index contributed by atoms with van der Waals surface area (Å²) in [6.45, 7) is 2.94. The van der Waals surface area contributed by atoms with Crippen LogP contribution in [0.2, 0.25) is 0 Å². The highest BCUT2D eigenvalue weighted by Crippen LogP contribution is 2.43. The first-order valence-corrected chi connectivity index (χ1v) is 13.8. The van der Waals surface area contributed by atoms with E-state index < -0.39 is 6.89 Å². The van der Waals surface area contributed by atoms with Crippen molar-refractivity contribution in [2.24, 2.45) is 0 Å². The normalized spacial score (nSPS) is 10.9. The number of allylic oxidation sites excluding steroid dienone is 1. The Morgan fingerprint density at radius 2 is 1.06 bits per heavy atom. The molecule has 0 radical (unpaired) electrons. The molecular weight excluding hydrogens is 445 g/mol. The van der Waals surface area contributed by atoms with Crippen LogP contribution in [0.3, 0.4) is 0 Å². The van der Waals surface area contributed by atoms with Crippen molar-refractivity contribution >= 4 is 34.5 Å². The van der Waals surface area contributed by atoms with E-state index in [1.54, 1.807) is 0 Å². The minimum atomic E-state index is -2.35. The van der Waals surface area contributed by atoms with Crippen molar-refractivity contribution in [3.05, 3.63) is 139 Å². The quantitative estimate of drug-likeness (QED) is 0.233. The number of amides is 1. The summed E-state index contributed by atoms with van der Waals surface area (Å²) in [6, 6.07) is 41.7. The second-order valence-corrected chi connectivity index (χ2v) is 12.1. The van der Waals surface area contributed by atoms with Gasteiger partial charge in [0, 0.05) is 18.9 Å². The summed E-state index contributed by atoms with van der Waals surface area (Å²) in [5, 5.41) is 3.52. The molecule has 0 aliphatic carbocycles. The molecule has 0 heterocycles. The monoisotopic (exact) mass is 477 g/mol. The molecule has 4 aromatic rings. The Bertz CT molecular complexity index is 1210. The van der Waals surface area contributed by atoms with Crippen LogP contribution < -0.4 is 15.9 Å². The average Bonchev–Trinajstić information content (AvgIpc) is 2.91. The zero-order chi connectivity index (χ0) is 24.5. The van der Waals surface area contributed by atoms with Crippen LogP contribution in [0.15, 0.2) is 133 Å². The lowest BCUT2D eigenvalue weighted by Crippen LogP contribution is -2.36. The van der Waals surface area contributed by atoms with E-state index in [1.165, 1.54) is 21.5 Å². The average molecular weight is 478 g/mol. The van der Waals surface area contributed by atoms with Gasteiger partial charge in [-0.05, 0) is 42.2 Å². The number of hydrogen-bond donors (Lipinski definition) is 0. The molecule has 0 fully saturated rings. The summed E-state index contributed by atoms with van der Waals surface area (Å²) in [5.74, 6) is 2.07. The van der Waals surface area contributed by atoms with Crippen molar-refractivity contribution in [2.45, 2.75) is 20.4 Å². The third-order valence-corrected chi connectivity index (χ3v) is 9.99. The van der Waals surface area contributed by atoms with Gasteiger partial charge >= 0.3 is 0 Å². The lowest BCUT2D eigenvalue weighted by molar-refractivity contribution is -0.123. The van der Waals surface area contributed by atoms with E-state index in [-0.39, 0.29) is 5.91 Å². The largest absolute Gasteiger partial charge is 0.331 e. The van der Waals surface area contributed by atoms with Crippen molar-refractivity contribution in [1.29, 1.82) is 0 Å². The molecule has 0 N–H and O–H groups in total. The van der Waals surface area contributed by atoms with E-state index >= 15 is 0 Å². The number of nitrogens with zero attached hydrogens (tertiary/aromatic N) is 1. The highest BCUT2D eigenvalue weighted by atomic mass is 31.2. The van der Waals surface area contributed by atoms with E-state index in [2.05, 4.69) is 105 Å². The van der Waals surface area contributed by atoms with Crippen LogP contribution in [0.4, 0.5) is 0 Å². The van der Waals surface area contributed by atoms with Crippen LogP contribution in [-0.2, 0) is 11.3 Å². The summed E-state index contributed by atoms with van der Waals surface area (Å²) in [4.78, 5) is 16.1. The van der Waals surface area contributed by atoms with Crippen molar-refractivity contribution in [3.63, 3.8) is 0 Å². The number of benzene rings is 4. The zero-order valence-corrected chi connectivity index (χ0v) is 21.3. The van der Waals surface area contributed by atoms with Gasteiger partial charge in [0.1, 0.15) is 0 Å². The van der Waals surface area contributed by atoms with Crippen molar-refractivity contribution in [1.82, 2.24) is 4.90 Å². The Morgan fingerprint density at radius 1 is 0.657 bits per heavy atom. The molecule has 0 saturated heterocycles. The first-order chi connectivity index (χ1) is 17.1. The second kappa shape index (κ2) is 11.7. The number of carbonyl (C=O) groups is 1. The summed E-state index contributed by atoms with van der Waals surface area (Å²) >= 11 is 0. The molecule has 0 spiro atoms. The van der Waals surface area contributed by atoms with E-state index in [4.69, 9.17) is 0 Å². The molecule has 0 bridgehead atoms. The van der Waals surface area contributed by atoms with E-state index in [1.807, 2.05) is 47.1 Å². The molecule has 0 aromatic heterocycles. The SMILES string of the molecule is CC(C)=CCN(Cc1ccccc1)C(=O)C=P(c1ccccc1)(c1ccccc1)c1ccccc1. The third-order valence-electron chi connectivity index (χ3n) is 6.04. The van der Waals surface area contributed by atoms with Gasteiger partial charge in [-0.3, -0.25) is 4.79 Å². The fraction of sp³-hybridized carbons (Fsp3) is 0.125. The maximum Gasteiger partial charge on any atom is 0.248 e. The van der Waals surface area contributed by atoms with Crippen LogP contribution in [0, 0.1) is 0 Å². The van der Waals surface area contributed by atoms with Crippen molar-refractivity contribution in [2.75, 3.05) is 6.54 Å². The number of hydrogen-bond acceptors (Lipinski definition) is 1. The first-order valence-electron chi connectivity index (χ1n) is 12.0. The minimum Gasteiger partial charge on any atom is -0.331 e. The lowest BCUT2D eigenvalue weighted by atomic mass is 10.2. The minimum absolute atomic E-state index is 0.0521. The van der Waals surface area contributed by atoms with Crippen LogP contribution in [-0.4, -0.2) is 23.1 Å². The summed E-state index contributed by atoms with van der Waals surface area (Å²) < 4.78 is 0. The van der Waals surface area contributed by atoms with Crippen molar-refractivity contribution in [3.8, 4) is 0 Å². The van der Waals surface area contributed by atoms with Gasteiger partial charge in [-0.2, -0.15) is 0 Å². The summed E-state index contributed by atoms with van der Waals surface area (Å²) in [5.41, 5.74) is 2.32. The lowest BCUT2D eigenvalue weighted by Gasteiger charge is -2.30. The fourth-order valence-corrected chi connectivity index (χ4v) is 8.00. The third kappa shape index (κ3) is 5.91. The van der Waals surface area contributed by atoms with Gasteiger partial charge in [0.2, 0.25) is 5.91 Å². The fourth-order valence-electron chi connectivity index (χ4n) is 4.24. The Morgan fingerprint density at radius 3 is 1.46 bits per heavy atom.